The zero-order valence-electron chi connectivity index (χ0n) is 19.8. The Morgan fingerprint density at radius 1 is 0.941 bits per heavy atom. The highest BCUT2D eigenvalue weighted by Crippen LogP contribution is 2.50. The summed E-state index contributed by atoms with van der Waals surface area (Å²) in [7, 11) is 4.81. The predicted molar refractivity (Wildman–Crippen MR) is 129 cm³/mol. The van der Waals surface area contributed by atoms with Crippen LogP contribution in [0, 0.1) is 0 Å². The molecule has 0 aliphatic carbocycles. The van der Waals surface area contributed by atoms with Gasteiger partial charge in [-0.15, -0.1) is 0 Å². The predicted octanol–water partition coefficient (Wildman–Crippen LogP) is 5.35. The Morgan fingerprint density at radius 2 is 1.68 bits per heavy atom. The lowest BCUT2D eigenvalue weighted by Crippen LogP contribution is -2.33. The summed E-state index contributed by atoms with van der Waals surface area (Å²) >= 11 is 0. The van der Waals surface area contributed by atoms with E-state index in [0.717, 1.165) is 40.3 Å². The van der Waals surface area contributed by atoms with Gasteiger partial charge < -0.3 is 23.7 Å². The third kappa shape index (κ3) is 3.77. The van der Waals surface area contributed by atoms with Crippen LogP contribution in [0.15, 0.2) is 65.8 Å². The molecule has 0 spiro atoms. The largest absolute Gasteiger partial charge is 0.494 e. The van der Waals surface area contributed by atoms with E-state index in [1.54, 1.807) is 21.3 Å². The lowest BCUT2D eigenvalue weighted by molar-refractivity contribution is -0.0194. The maximum Gasteiger partial charge on any atom is 0.214 e. The summed E-state index contributed by atoms with van der Waals surface area (Å²) in [5, 5.41) is 7.07. The first kappa shape index (κ1) is 21.9. The minimum Gasteiger partial charge on any atom is -0.494 e. The van der Waals surface area contributed by atoms with Crippen LogP contribution in [-0.4, -0.2) is 38.7 Å². The fourth-order valence-electron chi connectivity index (χ4n) is 4.59. The number of hydrazone groups is 1. The van der Waals surface area contributed by atoms with Gasteiger partial charge in [0.05, 0.1) is 39.7 Å². The topological polar surface area (TPSA) is 61.8 Å². The molecule has 0 bridgehead atoms. The van der Waals surface area contributed by atoms with E-state index in [4.69, 9.17) is 28.8 Å². The van der Waals surface area contributed by atoms with Crippen LogP contribution in [0.5, 0.6) is 28.7 Å². The quantitative estimate of drug-likeness (QED) is 0.474. The zero-order chi connectivity index (χ0) is 23.7. The molecule has 2 atom stereocenters. The smallest absolute Gasteiger partial charge is 0.214 e. The van der Waals surface area contributed by atoms with Gasteiger partial charge >= 0.3 is 0 Å². The lowest BCUT2D eigenvalue weighted by Gasteiger charge is -2.38. The average molecular weight is 461 g/mol. The van der Waals surface area contributed by atoms with Crippen molar-refractivity contribution < 1.29 is 23.7 Å². The summed E-state index contributed by atoms with van der Waals surface area (Å²) in [5.41, 5.74) is 4.03. The van der Waals surface area contributed by atoms with Gasteiger partial charge in [0.25, 0.3) is 0 Å². The van der Waals surface area contributed by atoms with Gasteiger partial charge in [0, 0.05) is 17.5 Å². The molecule has 0 saturated heterocycles. The molecule has 0 fully saturated rings. The highest BCUT2D eigenvalue weighted by atomic mass is 16.5. The number of benzene rings is 3. The zero-order valence-corrected chi connectivity index (χ0v) is 19.8. The van der Waals surface area contributed by atoms with Crippen molar-refractivity contribution in [1.29, 1.82) is 0 Å². The Labute approximate surface area is 199 Å². The molecule has 0 saturated carbocycles. The number of hydrogen-bond donors (Lipinski definition) is 0. The first-order valence-corrected chi connectivity index (χ1v) is 11.3. The molecule has 5 rings (SSSR count). The fourth-order valence-corrected chi connectivity index (χ4v) is 4.59. The van der Waals surface area contributed by atoms with E-state index in [1.165, 1.54) is 0 Å². The molecule has 34 heavy (non-hydrogen) atoms. The van der Waals surface area contributed by atoms with Crippen LogP contribution >= 0.6 is 0 Å². The summed E-state index contributed by atoms with van der Waals surface area (Å²) in [5.74, 6) is 3.32. The molecule has 0 N–H and O–H groups in total. The number of fused-ring (bicyclic) bond motifs is 3. The molecule has 0 radical (unpaired) electrons. The first-order chi connectivity index (χ1) is 16.7. The van der Waals surface area contributed by atoms with E-state index >= 15 is 0 Å². The van der Waals surface area contributed by atoms with Crippen molar-refractivity contribution in [2.75, 3.05) is 27.9 Å². The lowest BCUT2D eigenvalue weighted by atomic mass is 9.95. The highest BCUT2D eigenvalue weighted by molar-refractivity contribution is 6.01. The molecule has 2 heterocycles. The van der Waals surface area contributed by atoms with E-state index in [9.17, 15) is 0 Å². The molecule has 2 aliphatic heterocycles. The molecule has 7 heteroatoms. The summed E-state index contributed by atoms with van der Waals surface area (Å²) in [6, 6.07) is 20.1. The number of ether oxygens (including phenoxy) is 5. The monoisotopic (exact) mass is 460 g/mol. The maximum atomic E-state index is 6.53. The Morgan fingerprint density at radius 3 is 2.32 bits per heavy atom. The summed E-state index contributed by atoms with van der Waals surface area (Å²) in [6.45, 7) is 2.59. The van der Waals surface area contributed by atoms with Crippen LogP contribution in [0.1, 0.15) is 42.3 Å². The minimum atomic E-state index is -0.467. The fraction of sp³-hybridized carbons (Fsp3) is 0.296. The number of hydrogen-bond acceptors (Lipinski definition) is 7. The summed E-state index contributed by atoms with van der Waals surface area (Å²) < 4.78 is 29.0. The van der Waals surface area contributed by atoms with Crippen LogP contribution < -0.4 is 23.7 Å². The van der Waals surface area contributed by atoms with E-state index < -0.39 is 6.23 Å². The Balaban J connectivity index is 1.62. The summed E-state index contributed by atoms with van der Waals surface area (Å²) in [4.78, 5) is 0. The maximum absolute atomic E-state index is 6.53. The second kappa shape index (κ2) is 9.17. The molecular formula is C27H28N2O5. The van der Waals surface area contributed by atoms with Gasteiger partial charge in [-0.3, -0.25) is 0 Å². The van der Waals surface area contributed by atoms with Crippen molar-refractivity contribution in [1.82, 2.24) is 5.01 Å². The molecule has 0 aromatic heterocycles. The Bertz CT molecular complexity index is 1190. The molecule has 0 amide bonds. The van der Waals surface area contributed by atoms with Crippen molar-refractivity contribution in [2.45, 2.75) is 25.6 Å². The van der Waals surface area contributed by atoms with Gasteiger partial charge in [0.15, 0.2) is 11.5 Å². The molecule has 3 aromatic rings. The normalized spacial score (nSPS) is 18.4. The van der Waals surface area contributed by atoms with Gasteiger partial charge in [-0.1, -0.05) is 30.3 Å². The third-order valence-corrected chi connectivity index (χ3v) is 6.15. The van der Waals surface area contributed by atoms with Crippen LogP contribution in [-0.2, 0) is 0 Å². The molecule has 2 aliphatic rings. The van der Waals surface area contributed by atoms with Crippen molar-refractivity contribution >= 4 is 5.71 Å². The highest BCUT2D eigenvalue weighted by Gasteiger charge is 2.41. The molecule has 2 unspecified atom stereocenters. The van der Waals surface area contributed by atoms with E-state index in [2.05, 4.69) is 18.2 Å². The van der Waals surface area contributed by atoms with E-state index in [1.807, 2.05) is 54.4 Å². The molecule has 176 valence electrons. The average Bonchev–Trinajstić information content (AvgIpc) is 3.34. The van der Waals surface area contributed by atoms with Crippen molar-refractivity contribution in [3.05, 3.63) is 77.4 Å². The summed E-state index contributed by atoms with van der Waals surface area (Å²) in [6.07, 6.45) is 0.294. The third-order valence-electron chi connectivity index (χ3n) is 6.15. The second-order valence-corrected chi connectivity index (χ2v) is 8.07. The Kier molecular flexibility index (Phi) is 5.92. The molecule has 3 aromatic carbocycles. The van der Waals surface area contributed by atoms with Gasteiger partial charge in [0.2, 0.25) is 12.0 Å². The van der Waals surface area contributed by atoms with Crippen molar-refractivity contribution in [3.8, 4) is 28.7 Å². The molecular weight excluding hydrogens is 432 g/mol. The second-order valence-electron chi connectivity index (χ2n) is 8.07. The van der Waals surface area contributed by atoms with Crippen LogP contribution in [0.2, 0.25) is 0 Å². The first-order valence-electron chi connectivity index (χ1n) is 11.3. The van der Waals surface area contributed by atoms with Gasteiger partial charge in [-0.2, -0.15) is 5.10 Å². The van der Waals surface area contributed by atoms with E-state index in [0.29, 0.717) is 23.9 Å². The van der Waals surface area contributed by atoms with E-state index in [-0.39, 0.29) is 6.04 Å². The van der Waals surface area contributed by atoms with Gasteiger partial charge in [-0.05, 0) is 42.8 Å². The number of rotatable bonds is 7. The Hall–Kier alpha value is -3.87. The van der Waals surface area contributed by atoms with Crippen LogP contribution in [0.25, 0.3) is 0 Å². The van der Waals surface area contributed by atoms with Crippen molar-refractivity contribution in [2.24, 2.45) is 5.10 Å². The van der Waals surface area contributed by atoms with Crippen molar-refractivity contribution in [3.63, 3.8) is 0 Å². The van der Waals surface area contributed by atoms with Gasteiger partial charge in [0.1, 0.15) is 11.5 Å². The van der Waals surface area contributed by atoms with Crippen LogP contribution in [0.3, 0.4) is 0 Å². The SMILES string of the molecule is CCOc1ccc2c(c1)C1CC(c3ccccc3)=NN1C(c1cc(OC)c(OC)c(OC)c1)O2. The minimum absolute atomic E-state index is 0.00320. The standard InChI is InChI=1S/C27H28N2O5/c1-5-33-19-11-12-23-20(15-19)22-16-21(17-9-7-6-8-10-17)28-29(22)27(34-23)18-13-24(30-2)26(32-4)25(14-18)31-3/h6-15,22,27H,5,16H2,1-4H3. The van der Waals surface area contributed by atoms with Crippen LogP contribution in [0.4, 0.5) is 0 Å². The molecule has 7 nitrogen and oxygen atoms in total. The number of methoxy groups -OCH3 is 3. The number of nitrogens with zero attached hydrogens (tertiary/aromatic N) is 2. The van der Waals surface area contributed by atoms with Gasteiger partial charge in [-0.25, -0.2) is 5.01 Å².